The summed E-state index contributed by atoms with van der Waals surface area (Å²) >= 11 is 0. The van der Waals surface area contributed by atoms with Gasteiger partial charge in [0.25, 0.3) is 0 Å². The van der Waals surface area contributed by atoms with Crippen LogP contribution in [0, 0.1) is 17.6 Å². The first kappa shape index (κ1) is 12.7. The summed E-state index contributed by atoms with van der Waals surface area (Å²) in [6.45, 7) is 4.86. The number of aromatic nitrogens is 3. The molecule has 18 heavy (non-hydrogen) atoms. The topological polar surface area (TPSA) is 30.7 Å². The van der Waals surface area contributed by atoms with Crippen LogP contribution < -0.4 is 0 Å². The lowest BCUT2D eigenvalue weighted by Crippen LogP contribution is -2.09. The fourth-order valence-corrected chi connectivity index (χ4v) is 1.82. The minimum Gasteiger partial charge on any atom is -0.317 e. The summed E-state index contributed by atoms with van der Waals surface area (Å²) in [4.78, 5) is 0. The maximum absolute atomic E-state index is 13.5. The Labute approximate surface area is 104 Å². The molecule has 0 aliphatic rings. The Morgan fingerprint density at radius 1 is 1.22 bits per heavy atom. The molecule has 0 bridgehead atoms. The highest BCUT2D eigenvalue weighted by Gasteiger charge is 2.13. The molecule has 0 radical (unpaired) electrons. The third-order valence-corrected chi connectivity index (χ3v) is 2.65. The zero-order valence-corrected chi connectivity index (χ0v) is 10.4. The first-order valence-corrected chi connectivity index (χ1v) is 5.87. The predicted molar refractivity (Wildman–Crippen MR) is 64.0 cm³/mol. The van der Waals surface area contributed by atoms with Crippen molar-refractivity contribution in [3.63, 3.8) is 0 Å². The van der Waals surface area contributed by atoms with Crippen LogP contribution in [0.2, 0.25) is 0 Å². The Morgan fingerprint density at radius 2 is 1.89 bits per heavy atom. The van der Waals surface area contributed by atoms with Crippen LogP contribution in [0.4, 0.5) is 8.78 Å². The minimum absolute atomic E-state index is 0.0375. The average Bonchev–Trinajstić information content (AvgIpc) is 2.70. The molecule has 2 aromatic rings. The van der Waals surface area contributed by atoms with Crippen LogP contribution in [0.15, 0.2) is 24.5 Å². The summed E-state index contributed by atoms with van der Waals surface area (Å²) in [5.74, 6) is -0.0962. The van der Waals surface area contributed by atoms with Gasteiger partial charge in [-0.25, -0.2) is 8.78 Å². The van der Waals surface area contributed by atoms with Gasteiger partial charge >= 0.3 is 0 Å². The molecular formula is C13H15F2N3. The number of hydrogen-bond donors (Lipinski definition) is 0. The molecule has 0 saturated heterocycles. The Hall–Kier alpha value is -1.78. The molecule has 1 aromatic heterocycles. The first-order valence-electron chi connectivity index (χ1n) is 5.87. The molecule has 0 atom stereocenters. The molecule has 0 spiro atoms. The van der Waals surface area contributed by atoms with Crippen molar-refractivity contribution in [3.05, 3.63) is 47.5 Å². The molecule has 0 N–H and O–H groups in total. The van der Waals surface area contributed by atoms with E-state index in [-0.39, 0.29) is 12.0 Å². The second-order valence-electron chi connectivity index (χ2n) is 4.67. The molecule has 1 heterocycles. The number of hydrogen-bond acceptors (Lipinski definition) is 2. The molecule has 2 rings (SSSR count). The van der Waals surface area contributed by atoms with Crippen molar-refractivity contribution in [3.8, 4) is 0 Å². The summed E-state index contributed by atoms with van der Waals surface area (Å²) in [5, 5.41) is 7.73. The van der Waals surface area contributed by atoms with Crippen molar-refractivity contribution >= 4 is 0 Å². The highest BCUT2D eigenvalue weighted by atomic mass is 19.1. The van der Waals surface area contributed by atoms with Crippen molar-refractivity contribution in [2.45, 2.75) is 26.8 Å². The van der Waals surface area contributed by atoms with Crippen LogP contribution in [0.1, 0.15) is 25.2 Å². The normalized spacial score (nSPS) is 11.2. The van der Waals surface area contributed by atoms with Crippen molar-refractivity contribution < 1.29 is 8.78 Å². The van der Waals surface area contributed by atoms with Crippen LogP contribution in [0.25, 0.3) is 0 Å². The smallest absolute Gasteiger partial charge is 0.137 e. The molecule has 3 nitrogen and oxygen atoms in total. The van der Waals surface area contributed by atoms with Crippen LogP contribution in [-0.2, 0) is 13.0 Å². The second kappa shape index (κ2) is 5.25. The molecule has 0 amide bonds. The summed E-state index contributed by atoms with van der Waals surface area (Å²) in [7, 11) is 0. The SMILES string of the molecule is CC(C)Cn1cnnc1Cc1c(F)cccc1F. The van der Waals surface area contributed by atoms with Gasteiger partial charge in [0.2, 0.25) is 0 Å². The number of rotatable bonds is 4. The van der Waals surface area contributed by atoms with E-state index in [2.05, 4.69) is 24.0 Å². The van der Waals surface area contributed by atoms with Crippen molar-refractivity contribution in [1.29, 1.82) is 0 Å². The summed E-state index contributed by atoms with van der Waals surface area (Å²) < 4.78 is 28.9. The highest BCUT2D eigenvalue weighted by Crippen LogP contribution is 2.16. The van der Waals surface area contributed by atoms with Crippen LogP contribution >= 0.6 is 0 Å². The van der Waals surface area contributed by atoms with Crippen LogP contribution in [-0.4, -0.2) is 14.8 Å². The van der Waals surface area contributed by atoms with Gasteiger partial charge in [-0.1, -0.05) is 19.9 Å². The minimum atomic E-state index is -0.547. The van der Waals surface area contributed by atoms with Gasteiger partial charge in [0.1, 0.15) is 23.8 Å². The predicted octanol–water partition coefficient (Wildman–Crippen LogP) is 2.80. The van der Waals surface area contributed by atoms with Crippen LogP contribution in [0.5, 0.6) is 0 Å². The maximum atomic E-state index is 13.5. The van der Waals surface area contributed by atoms with Crippen molar-refractivity contribution in [2.24, 2.45) is 5.92 Å². The third kappa shape index (κ3) is 2.72. The molecule has 5 heteroatoms. The highest BCUT2D eigenvalue weighted by molar-refractivity contribution is 5.23. The van der Waals surface area contributed by atoms with Gasteiger partial charge in [-0.3, -0.25) is 0 Å². The standard InChI is InChI=1S/C13H15F2N3/c1-9(2)7-18-8-16-17-13(18)6-10-11(14)4-3-5-12(10)15/h3-5,8-9H,6-7H2,1-2H3. The fraction of sp³-hybridized carbons (Fsp3) is 0.385. The monoisotopic (exact) mass is 251 g/mol. The Kier molecular flexibility index (Phi) is 3.69. The molecule has 0 aliphatic carbocycles. The Bertz CT molecular complexity index is 515. The lowest BCUT2D eigenvalue weighted by Gasteiger charge is -2.09. The first-order chi connectivity index (χ1) is 8.58. The number of halogens is 2. The van der Waals surface area contributed by atoms with Gasteiger partial charge in [0.05, 0.1) is 0 Å². The van der Waals surface area contributed by atoms with Crippen molar-refractivity contribution in [2.75, 3.05) is 0 Å². The van der Waals surface area contributed by atoms with Crippen molar-refractivity contribution in [1.82, 2.24) is 14.8 Å². The molecule has 96 valence electrons. The number of nitrogens with zero attached hydrogens (tertiary/aromatic N) is 3. The quantitative estimate of drug-likeness (QED) is 0.836. The van der Waals surface area contributed by atoms with E-state index in [1.807, 2.05) is 4.57 Å². The van der Waals surface area contributed by atoms with E-state index in [1.165, 1.54) is 18.2 Å². The van der Waals surface area contributed by atoms with E-state index >= 15 is 0 Å². The van der Waals surface area contributed by atoms with Gasteiger partial charge in [-0.15, -0.1) is 10.2 Å². The Balaban J connectivity index is 2.26. The van der Waals surface area contributed by atoms with E-state index in [4.69, 9.17) is 0 Å². The lowest BCUT2D eigenvalue weighted by atomic mass is 10.1. The summed E-state index contributed by atoms with van der Waals surface area (Å²) in [6, 6.07) is 3.86. The largest absolute Gasteiger partial charge is 0.317 e. The van der Waals surface area contributed by atoms with E-state index in [0.717, 1.165) is 6.54 Å². The zero-order valence-electron chi connectivity index (χ0n) is 10.4. The lowest BCUT2D eigenvalue weighted by molar-refractivity contribution is 0.503. The van der Waals surface area contributed by atoms with E-state index in [0.29, 0.717) is 11.7 Å². The molecule has 1 aromatic carbocycles. The van der Waals surface area contributed by atoms with Gasteiger partial charge in [0.15, 0.2) is 0 Å². The van der Waals surface area contributed by atoms with E-state index < -0.39 is 11.6 Å². The third-order valence-electron chi connectivity index (χ3n) is 2.65. The zero-order chi connectivity index (χ0) is 13.1. The molecular weight excluding hydrogens is 236 g/mol. The van der Waals surface area contributed by atoms with E-state index in [1.54, 1.807) is 6.33 Å². The molecule has 0 aliphatic heterocycles. The second-order valence-corrected chi connectivity index (χ2v) is 4.67. The van der Waals surface area contributed by atoms with Gasteiger partial charge in [-0.2, -0.15) is 0 Å². The summed E-state index contributed by atoms with van der Waals surface area (Å²) in [5.41, 5.74) is 0.0375. The summed E-state index contributed by atoms with van der Waals surface area (Å²) in [6.07, 6.45) is 1.71. The Morgan fingerprint density at radius 3 is 2.50 bits per heavy atom. The van der Waals surface area contributed by atoms with Crippen LogP contribution in [0.3, 0.4) is 0 Å². The average molecular weight is 251 g/mol. The van der Waals surface area contributed by atoms with Gasteiger partial charge in [0, 0.05) is 18.5 Å². The van der Waals surface area contributed by atoms with E-state index in [9.17, 15) is 8.78 Å². The maximum Gasteiger partial charge on any atom is 0.137 e. The van der Waals surface area contributed by atoms with Gasteiger partial charge < -0.3 is 4.57 Å². The molecule has 0 unspecified atom stereocenters. The number of benzene rings is 1. The van der Waals surface area contributed by atoms with Gasteiger partial charge in [-0.05, 0) is 18.1 Å². The molecule has 0 saturated carbocycles. The molecule has 0 fully saturated rings. The fourth-order valence-electron chi connectivity index (χ4n) is 1.82.